The number of fused-ring (bicyclic) bond motifs is 8. The molecule has 0 saturated heterocycles. The van der Waals surface area contributed by atoms with E-state index in [2.05, 4.69) is 219 Å². The minimum Gasteiger partial charge on any atom is -0.455 e. The van der Waals surface area contributed by atoms with E-state index in [0.29, 0.717) is 0 Å². The molecule has 0 amide bonds. The normalized spacial score (nSPS) is 12.9. The van der Waals surface area contributed by atoms with Gasteiger partial charge in [-0.05, 0) is 97.9 Å². The summed E-state index contributed by atoms with van der Waals surface area (Å²) in [5, 5.41) is 4.49. The second-order valence-electron chi connectivity index (χ2n) is 15.7. The van der Waals surface area contributed by atoms with Gasteiger partial charge in [0.05, 0.1) is 5.69 Å². The summed E-state index contributed by atoms with van der Waals surface area (Å²) in [5.41, 5.74) is 17.3. The number of nitrogens with zero attached hydrogens (tertiary/aromatic N) is 1. The first-order valence-corrected chi connectivity index (χ1v) is 19.8. The van der Waals surface area contributed by atoms with Gasteiger partial charge in [-0.2, -0.15) is 0 Å². The van der Waals surface area contributed by atoms with Crippen molar-refractivity contribution in [3.63, 3.8) is 0 Å². The summed E-state index contributed by atoms with van der Waals surface area (Å²) < 4.78 is 6.84. The Morgan fingerprint density at radius 3 is 1.70 bits per heavy atom. The fraction of sp³-hybridized carbons (Fsp3) is 0.0545. The summed E-state index contributed by atoms with van der Waals surface area (Å²) in [6, 6.07) is 72.7. The molecule has 1 heterocycles. The van der Waals surface area contributed by atoms with Crippen molar-refractivity contribution in [2.24, 2.45) is 0 Å². The molecule has 0 radical (unpaired) electrons. The van der Waals surface area contributed by atoms with E-state index in [1.165, 1.54) is 49.9 Å². The highest BCUT2D eigenvalue weighted by Crippen LogP contribution is 2.52. The van der Waals surface area contributed by atoms with Gasteiger partial charge < -0.3 is 9.32 Å². The van der Waals surface area contributed by atoms with Crippen LogP contribution in [0.4, 0.5) is 17.1 Å². The molecule has 0 aliphatic heterocycles. The third-order valence-corrected chi connectivity index (χ3v) is 12.1. The van der Waals surface area contributed by atoms with Crippen LogP contribution in [0.5, 0.6) is 0 Å². The van der Waals surface area contributed by atoms with Gasteiger partial charge in [-0.25, -0.2) is 0 Å². The molecule has 11 rings (SSSR count). The van der Waals surface area contributed by atoms with Crippen LogP contribution in [-0.2, 0) is 5.41 Å². The van der Waals surface area contributed by atoms with Crippen LogP contribution in [0, 0.1) is 0 Å². The van der Waals surface area contributed by atoms with Crippen LogP contribution < -0.4 is 4.90 Å². The van der Waals surface area contributed by atoms with E-state index in [4.69, 9.17) is 4.42 Å². The highest BCUT2D eigenvalue weighted by Gasteiger charge is 2.36. The molecule has 0 fully saturated rings. The number of hydrogen-bond acceptors (Lipinski definition) is 2. The van der Waals surface area contributed by atoms with Crippen LogP contribution in [0.1, 0.15) is 25.0 Å². The average molecular weight is 730 g/mol. The standard InChI is InChI=1S/C55H39NO/c1-55(2)50-20-12-11-19-45(50)46-32-30-43(33-51(46)55)56(42-28-25-39(26-29-42)37-15-7-4-8-16-37)52-34-49-47-31-27-40-17-9-10-18-44(40)54(47)57-53(49)35-48(52)41-23-21-38(22-24-41)36-13-5-3-6-14-36/h3-35H,1-2H3. The van der Waals surface area contributed by atoms with E-state index in [1.807, 2.05) is 0 Å². The zero-order valence-electron chi connectivity index (χ0n) is 31.9. The lowest BCUT2D eigenvalue weighted by atomic mass is 9.82. The lowest BCUT2D eigenvalue weighted by Crippen LogP contribution is -2.17. The van der Waals surface area contributed by atoms with Gasteiger partial charge in [-0.3, -0.25) is 0 Å². The maximum absolute atomic E-state index is 6.84. The zero-order valence-corrected chi connectivity index (χ0v) is 31.9. The molecule has 0 bridgehead atoms. The summed E-state index contributed by atoms with van der Waals surface area (Å²) in [7, 11) is 0. The molecule has 2 nitrogen and oxygen atoms in total. The lowest BCUT2D eigenvalue weighted by Gasteiger charge is -2.30. The second-order valence-corrected chi connectivity index (χ2v) is 15.7. The van der Waals surface area contributed by atoms with Gasteiger partial charge in [0.25, 0.3) is 0 Å². The smallest absolute Gasteiger partial charge is 0.143 e. The first-order valence-electron chi connectivity index (χ1n) is 19.8. The van der Waals surface area contributed by atoms with Crippen molar-refractivity contribution in [3.05, 3.63) is 211 Å². The fourth-order valence-electron chi connectivity index (χ4n) is 9.12. The van der Waals surface area contributed by atoms with Crippen LogP contribution in [0.3, 0.4) is 0 Å². The molecule has 0 spiro atoms. The molecule has 0 atom stereocenters. The Balaban J connectivity index is 1.17. The minimum atomic E-state index is -0.146. The highest BCUT2D eigenvalue weighted by atomic mass is 16.3. The van der Waals surface area contributed by atoms with Crippen molar-refractivity contribution in [2.75, 3.05) is 4.90 Å². The van der Waals surface area contributed by atoms with Crippen molar-refractivity contribution in [2.45, 2.75) is 19.3 Å². The first-order chi connectivity index (χ1) is 28.0. The van der Waals surface area contributed by atoms with Crippen molar-refractivity contribution in [1.29, 1.82) is 0 Å². The summed E-state index contributed by atoms with van der Waals surface area (Å²) in [6.07, 6.45) is 0. The van der Waals surface area contributed by atoms with Crippen molar-refractivity contribution in [1.82, 2.24) is 0 Å². The maximum atomic E-state index is 6.84. The van der Waals surface area contributed by atoms with Crippen molar-refractivity contribution < 1.29 is 4.42 Å². The zero-order chi connectivity index (χ0) is 38.1. The van der Waals surface area contributed by atoms with Gasteiger partial charge >= 0.3 is 0 Å². The third-order valence-electron chi connectivity index (χ3n) is 12.1. The van der Waals surface area contributed by atoms with Gasteiger partial charge in [-0.1, -0.05) is 172 Å². The van der Waals surface area contributed by atoms with E-state index in [9.17, 15) is 0 Å². The monoisotopic (exact) mass is 729 g/mol. The van der Waals surface area contributed by atoms with E-state index in [1.54, 1.807) is 0 Å². The van der Waals surface area contributed by atoms with E-state index in [-0.39, 0.29) is 5.41 Å². The Bertz CT molecular complexity index is 3120. The maximum Gasteiger partial charge on any atom is 0.143 e. The first kappa shape index (κ1) is 33.2. The van der Waals surface area contributed by atoms with Crippen LogP contribution in [0.25, 0.3) is 77.2 Å². The minimum absolute atomic E-state index is 0.146. The molecule has 2 heteroatoms. The quantitative estimate of drug-likeness (QED) is 0.169. The topological polar surface area (TPSA) is 16.4 Å². The molecule has 57 heavy (non-hydrogen) atoms. The predicted molar refractivity (Wildman–Crippen MR) is 240 cm³/mol. The number of hydrogen-bond donors (Lipinski definition) is 0. The molecular weight excluding hydrogens is 691 g/mol. The molecule has 0 unspecified atom stereocenters. The van der Waals surface area contributed by atoms with E-state index < -0.39 is 0 Å². The van der Waals surface area contributed by atoms with Gasteiger partial charge in [-0.15, -0.1) is 0 Å². The Labute approximate surface area is 332 Å². The Morgan fingerprint density at radius 1 is 0.386 bits per heavy atom. The SMILES string of the molecule is CC1(C)c2ccccc2-c2ccc(N(c3ccc(-c4ccccc4)cc3)c3cc4c(cc3-c3ccc(-c5ccccc5)cc3)oc3c5ccccc5ccc43)cc21. The highest BCUT2D eigenvalue weighted by molar-refractivity contribution is 6.17. The fourth-order valence-corrected chi connectivity index (χ4v) is 9.12. The van der Waals surface area contributed by atoms with E-state index >= 15 is 0 Å². The molecule has 1 aliphatic carbocycles. The summed E-state index contributed by atoms with van der Waals surface area (Å²) in [6.45, 7) is 4.71. The van der Waals surface area contributed by atoms with Crippen LogP contribution in [-0.4, -0.2) is 0 Å². The summed E-state index contributed by atoms with van der Waals surface area (Å²) >= 11 is 0. The molecule has 10 aromatic rings. The largest absolute Gasteiger partial charge is 0.455 e. The van der Waals surface area contributed by atoms with Crippen LogP contribution >= 0.6 is 0 Å². The molecular formula is C55H39NO. The lowest BCUT2D eigenvalue weighted by molar-refractivity contribution is 0.660. The Kier molecular flexibility index (Phi) is 7.55. The number of rotatable bonds is 6. The number of furan rings is 1. The summed E-state index contributed by atoms with van der Waals surface area (Å²) in [5.74, 6) is 0. The summed E-state index contributed by atoms with van der Waals surface area (Å²) in [4.78, 5) is 2.45. The Morgan fingerprint density at radius 2 is 0.965 bits per heavy atom. The molecule has 1 aliphatic rings. The van der Waals surface area contributed by atoms with E-state index in [0.717, 1.165) is 55.5 Å². The van der Waals surface area contributed by atoms with Crippen molar-refractivity contribution >= 4 is 49.8 Å². The number of benzene rings is 9. The van der Waals surface area contributed by atoms with Crippen molar-refractivity contribution in [3.8, 4) is 44.5 Å². The van der Waals surface area contributed by atoms with Gasteiger partial charge in [0.2, 0.25) is 0 Å². The third kappa shape index (κ3) is 5.40. The van der Waals surface area contributed by atoms with Crippen LogP contribution in [0.2, 0.25) is 0 Å². The Hall–Kier alpha value is -7.16. The average Bonchev–Trinajstić information content (AvgIpc) is 3.75. The second kappa shape index (κ2) is 13.0. The molecule has 1 aromatic heterocycles. The molecule has 0 N–H and O–H groups in total. The van der Waals surface area contributed by atoms with Gasteiger partial charge in [0, 0.05) is 38.5 Å². The van der Waals surface area contributed by atoms with Gasteiger partial charge in [0.15, 0.2) is 0 Å². The molecule has 0 saturated carbocycles. The predicted octanol–water partition coefficient (Wildman–Crippen LogP) is 15.5. The van der Waals surface area contributed by atoms with Gasteiger partial charge in [0.1, 0.15) is 11.2 Å². The van der Waals surface area contributed by atoms with Crippen LogP contribution in [0.15, 0.2) is 205 Å². The molecule has 270 valence electrons. The number of anilines is 3. The molecule has 9 aromatic carbocycles.